The molecule has 2 N–H and O–H groups in total. The van der Waals surface area contributed by atoms with Crippen molar-refractivity contribution in [3.63, 3.8) is 0 Å². The first-order valence-corrected chi connectivity index (χ1v) is 13.7. The summed E-state index contributed by atoms with van der Waals surface area (Å²) in [6.07, 6.45) is 3.72. The number of carbonyl (C=O) groups is 2. The Morgan fingerprint density at radius 3 is 2.55 bits per heavy atom. The Bertz CT molecular complexity index is 1580. The largest absolute Gasteiger partial charge is 0.338 e. The number of nitrogens with zero attached hydrogens (tertiary/aromatic N) is 3. The Hall–Kier alpha value is -4.30. The molecule has 1 aromatic heterocycles. The van der Waals surface area contributed by atoms with Gasteiger partial charge in [0, 0.05) is 36.3 Å². The molecule has 0 radical (unpaired) electrons. The van der Waals surface area contributed by atoms with Crippen molar-refractivity contribution in [3.8, 4) is 11.3 Å². The van der Waals surface area contributed by atoms with E-state index in [1.54, 1.807) is 12.1 Å². The number of aromatic nitrogens is 2. The van der Waals surface area contributed by atoms with Gasteiger partial charge in [-0.2, -0.15) is 5.10 Å². The minimum atomic E-state index is -0.302. The monoisotopic (exact) mass is 537 g/mol. The Morgan fingerprint density at radius 1 is 1.02 bits per heavy atom. The number of carbonyl (C=O) groups excluding carboxylic acids is 2. The van der Waals surface area contributed by atoms with Gasteiger partial charge in [-0.1, -0.05) is 35.9 Å². The molecular weight excluding hydrogens is 505 g/mol. The number of aromatic amines is 1. The number of hydrogen-bond donors (Lipinski definition) is 2. The molecule has 1 fully saturated rings. The van der Waals surface area contributed by atoms with Crippen molar-refractivity contribution in [2.24, 2.45) is 5.92 Å². The third kappa shape index (κ3) is 5.53. The average molecular weight is 538 g/mol. The summed E-state index contributed by atoms with van der Waals surface area (Å²) in [6, 6.07) is 20.3. The summed E-state index contributed by atoms with van der Waals surface area (Å²) in [5.74, 6) is -0.425. The highest BCUT2D eigenvalue weighted by atomic mass is 19.1. The summed E-state index contributed by atoms with van der Waals surface area (Å²) in [5, 5.41) is 11.3. The lowest BCUT2D eigenvalue weighted by molar-refractivity contribution is -0.132. The van der Waals surface area contributed by atoms with Crippen LogP contribution in [-0.2, 0) is 9.59 Å². The minimum absolute atomic E-state index is 0.0511. The SMILES string of the molecule is Cc1ccc(C2=CCN(C(=O)CN3CC[C@@H](C(=O)Nc4ccc5[nH]nc(-c6ccc(F)cc6)c5c4)C3)CC2)cc1. The van der Waals surface area contributed by atoms with Crippen LogP contribution in [0.2, 0.25) is 0 Å². The predicted octanol–water partition coefficient (Wildman–Crippen LogP) is 5.25. The van der Waals surface area contributed by atoms with Crippen LogP contribution in [0, 0.1) is 18.7 Å². The maximum absolute atomic E-state index is 13.4. The summed E-state index contributed by atoms with van der Waals surface area (Å²) in [5.41, 5.74) is 6.77. The molecule has 6 rings (SSSR count). The average Bonchev–Trinajstić information content (AvgIpc) is 3.61. The fourth-order valence-electron chi connectivity index (χ4n) is 5.57. The smallest absolute Gasteiger partial charge is 0.237 e. The zero-order valence-corrected chi connectivity index (χ0v) is 22.5. The first-order valence-electron chi connectivity index (χ1n) is 13.7. The zero-order chi connectivity index (χ0) is 27.6. The van der Waals surface area contributed by atoms with Gasteiger partial charge in [0.2, 0.25) is 11.8 Å². The number of nitrogens with one attached hydrogen (secondary N) is 2. The topological polar surface area (TPSA) is 81.3 Å². The molecule has 0 bridgehead atoms. The normalized spacial score (nSPS) is 17.7. The van der Waals surface area contributed by atoms with Crippen molar-refractivity contribution in [2.45, 2.75) is 19.8 Å². The van der Waals surface area contributed by atoms with E-state index in [2.05, 4.69) is 57.7 Å². The standard InChI is InChI=1S/C32H32FN5O2/c1-21-2-4-22(5-3-21)23-13-16-38(17-14-23)30(39)20-37-15-12-25(19-37)32(40)34-27-10-11-29-28(18-27)31(36-35-29)24-6-8-26(33)9-7-24/h2-11,13,18,25H,12,14-17,19-20H2,1H3,(H,34,40)(H,35,36)/t25-/m1/s1. The van der Waals surface area contributed by atoms with E-state index in [1.807, 2.05) is 23.1 Å². The zero-order valence-electron chi connectivity index (χ0n) is 22.5. The van der Waals surface area contributed by atoms with E-state index in [9.17, 15) is 14.0 Å². The number of amides is 2. The van der Waals surface area contributed by atoms with E-state index in [-0.39, 0.29) is 23.5 Å². The molecule has 0 aliphatic carbocycles. The molecule has 0 spiro atoms. The first kappa shape index (κ1) is 26.0. The lowest BCUT2D eigenvalue weighted by Gasteiger charge is -2.28. The molecule has 3 aromatic carbocycles. The summed E-state index contributed by atoms with van der Waals surface area (Å²) in [4.78, 5) is 30.1. The van der Waals surface area contributed by atoms with Gasteiger partial charge >= 0.3 is 0 Å². The predicted molar refractivity (Wildman–Crippen MR) is 155 cm³/mol. The summed E-state index contributed by atoms with van der Waals surface area (Å²) in [6.45, 7) is 5.03. The number of benzene rings is 3. The number of aryl methyl sites for hydroxylation is 1. The van der Waals surface area contributed by atoms with Crippen molar-refractivity contribution < 1.29 is 14.0 Å². The number of rotatable bonds is 6. The number of likely N-dealkylation sites (tertiary alicyclic amines) is 1. The Balaban J connectivity index is 1.04. The molecule has 0 saturated carbocycles. The van der Waals surface area contributed by atoms with Crippen LogP contribution in [0.5, 0.6) is 0 Å². The molecule has 4 aromatic rings. The maximum Gasteiger partial charge on any atom is 0.237 e. The minimum Gasteiger partial charge on any atom is -0.338 e. The number of fused-ring (bicyclic) bond motifs is 1. The molecule has 2 aliphatic rings. The lowest BCUT2D eigenvalue weighted by Crippen LogP contribution is -2.41. The fourth-order valence-corrected chi connectivity index (χ4v) is 5.57. The van der Waals surface area contributed by atoms with Crippen LogP contribution >= 0.6 is 0 Å². The Kier molecular flexibility index (Phi) is 7.17. The molecule has 1 atom stereocenters. The van der Waals surface area contributed by atoms with E-state index in [0.29, 0.717) is 44.0 Å². The fraction of sp³-hybridized carbons (Fsp3) is 0.281. The van der Waals surface area contributed by atoms with Gasteiger partial charge in [0.25, 0.3) is 0 Å². The molecule has 7 nitrogen and oxygen atoms in total. The van der Waals surface area contributed by atoms with Crippen molar-refractivity contribution in [1.29, 1.82) is 0 Å². The third-order valence-corrected chi connectivity index (χ3v) is 7.93. The van der Waals surface area contributed by atoms with Gasteiger partial charge in [-0.05, 0) is 79.9 Å². The van der Waals surface area contributed by atoms with E-state index in [0.717, 1.165) is 29.4 Å². The maximum atomic E-state index is 13.4. The van der Waals surface area contributed by atoms with Crippen LogP contribution in [0.3, 0.4) is 0 Å². The van der Waals surface area contributed by atoms with Gasteiger partial charge in [0.05, 0.1) is 23.7 Å². The number of halogens is 1. The van der Waals surface area contributed by atoms with Crippen molar-refractivity contribution >= 4 is 34.0 Å². The lowest BCUT2D eigenvalue weighted by atomic mass is 9.98. The highest BCUT2D eigenvalue weighted by molar-refractivity contribution is 5.99. The molecule has 40 heavy (non-hydrogen) atoms. The number of H-pyrrole nitrogens is 1. The second-order valence-electron chi connectivity index (χ2n) is 10.7. The van der Waals surface area contributed by atoms with Gasteiger partial charge in [0.15, 0.2) is 0 Å². The van der Waals surface area contributed by atoms with Crippen LogP contribution in [0.25, 0.3) is 27.7 Å². The summed E-state index contributed by atoms with van der Waals surface area (Å²) in [7, 11) is 0. The Morgan fingerprint density at radius 2 is 1.80 bits per heavy atom. The van der Waals surface area contributed by atoms with E-state index >= 15 is 0 Å². The van der Waals surface area contributed by atoms with Crippen LogP contribution in [0.4, 0.5) is 10.1 Å². The molecule has 2 amide bonds. The van der Waals surface area contributed by atoms with Gasteiger partial charge < -0.3 is 10.2 Å². The van der Waals surface area contributed by atoms with Gasteiger partial charge in [-0.15, -0.1) is 0 Å². The van der Waals surface area contributed by atoms with Crippen molar-refractivity contribution in [1.82, 2.24) is 20.0 Å². The van der Waals surface area contributed by atoms with Crippen molar-refractivity contribution in [2.75, 3.05) is 38.0 Å². The van der Waals surface area contributed by atoms with E-state index < -0.39 is 0 Å². The van der Waals surface area contributed by atoms with Crippen LogP contribution < -0.4 is 5.32 Å². The molecule has 1 saturated heterocycles. The molecule has 204 valence electrons. The highest BCUT2D eigenvalue weighted by Gasteiger charge is 2.30. The molecule has 8 heteroatoms. The molecular formula is C32H32FN5O2. The van der Waals surface area contributed by atoms with Gasteiger partial charge in [0.1, 0.15) is 5.82 Å². The Labute approximate surface area is 232 Å². The van der Waals surface area contributed by atoms with Gasteiger partial charge in [-0.25, -0.2) is 4.39 Å². The molecule has 3 heterocycles. The van der Waals surface area contributed by atoms with Gasteiger partial charge in [-0.3, -0.25) is 19.6 Å². The third-order valence-electron chi connectivity index (χ3n) is 7.93. The van der Waals surface area contributed by atoms with Crippen LogP contribution in [-0.4, -0.2) is 64.5 Å². The molecule has 0 unspecified atom stereocenters. The molecule has 2 aliphatic heterocycles. The van der Waals surface area contributed by atoms with E-state index in [1.165, 1.54) is 28.8 Å². The number of hydrogen-bond acceptors (Lipinski definition) is 4. The first-order chi connectivity index (χ1) is 19.4. The quantitative estimate of drug-likeness (QED) is 0.352. The number of anilines is 1. The second kappa shape index (κ2) is 11.1. The van der Waals surface area contributed by atoms with Crippen LogP contribution in [0.15, 0.2) is 72.8 Å². The summed E-state index contributed by atoms with van der Waals surface area (Å²) < 4.78 is 13.4. The highest BCUT2D eigenvalue weighted by Crippen LogP contribution is 2.29. The second-order valence-corrected chi connectivity index (χ2v) is 10.7. The van der Waals surface area contributed by atoms with Crippen molar-refractivity contribution in [3.05, 3.63) is 89.8 Å². The van der Waals surface area contributed by atoms with Crippen LogP contribution in [0.1, 0.15) is 24.0 Å². The summed E-state index contributed by atoms with van der Waals surface area (Å²) >= 11 is 0. The van der Waals surface area contributed by atoms with E-state index in [4.69, 9.17) is 0 Å².